The number of nitrogens with zero attached hydrogens (tertiary/aromatic N) is 2. The van der Waals surface area contributed by atoms with E-state index in [1.54, 1.807) is 0 Å². The highest BCUT2D eigenvalue weighted by Crippen LogP contribution is 2.38. The molecule has 0 bridgehead atoms. The number of rotatable bonds is 4. The van der Waals surface area contributed by atoms with Gasteiger partial charge in [-0.05, 0) is 37.7 Å². The van der Waals surface area contributed by atoms with Crippen molar-refractivity contribution in [1.29, 1.82) is 0 Å². The Bertz CT molecular complexity index is 628. The van der Waals surface area contributed by atoms with E-state index in [2.05, 4.69) is 53.7 Å². The second-order valence-corrected chi connectivity index (χ2v) is 8.18. The fourth-order valence-electron chi connectivity index (χ4n) is 3.27. The van der Waals surface area contributed by atoms with Gasteiger partial charge in [-0.25, -0.2) is 9.98 Å². The third-order valence-corrected chi connectivity index (χ3v) is 5.33. The molecule has 24 heavy (non-hydrogen) atoms. The fourth-order valence-corrected chi connectivity index (χ4v) is 3.27. The van der Waals surface area contributed by atoms with Crippen LogP contribution in [0.3, 0.4) is 0 Å². The summed E-state index contributed by atoms with van der Waals surface area (Å²) >= 11 is 0. The minimum Gasteiger partial charge on any atom is -0.478 e. The van der Waals surface area contributed by atoms with Gasteiger partial charge >= 0.3 is 0 Å². The lowest BCUT2D eigenvalue weighted by Crippen LogP contribution is -2.29. The third kappa shape index (κ3) is 3.15. The molecule has 4 heteroatoms. The highest BCUT2D eigenvalue weighted by molar-refractivity contribution is 6.00. The SMILES string of the molecule is CC1=CC[C@](C)(C2=NC(C(C)C)CO2)C=C1C1=N[C@@H](C(C)C)CO1. The molecule has 4 nitrogen and oxygen atoms in total. The van der Waals surface area contributed by atoms with Crippen molar-refractivity contribution in [3.05, 3.63) is 23.3 Å². The summed E-state index contributed by atoms with van der Waals surface area (Å²) in [6.07, 6.45) is 5.43. The van der Waals surface area contributed by atoms with Gasteiger partial charge in [-0.1, -0.05) is 39.8 Å². The Morgan fingerprint density at radius 1 is 1.04 bits per heavy atom. The molecule has 132 valence electrons. The van der Waals surface area contributed by atoms with Gasteiger partial charge in [-0.2, -0.15) is 0 Å². The molecule has 3 atom stereocenters. The Kier molecular flexibility index (Phi) is 4.58. The summed E-state index contributed by atoms with van der Waals surface area (Å²) in [5.74, 6) is 2.65. The number of ether oxygens (including phenoxy) is 2. The summed E-state index contributed by atoms with van der Waals surface area (Å²) in [6, 6.07) is 0.526. The van der Waals surface area contributed by atoms with E-state index in [4.69, 9.17) is 19.5 Å². The number of aliphatic imine (C=N–C) groups is 2. The van der Waals surface area contributed by atoms with Gasteiger partial charge in [0.15, 0.2) is 5.90 Å². The van der Waals surface area contributed by atoms with Crippen LogP contribution in [0.1, 0.15) is 48.0 Å². The molecule has 0 fully saturated rings. The smallest absolute Gasteiger partial charge is 0.216 e. The van der Waals surface area contributed by atoms with E-state index in [1.165, 1.54) is 5.57 Å². The van der Waals surface area contributed by atoms with Crippen LogP contribution in [0.5, 0.6) is 0 Å². The predicted molar refractivity (Wildman–Crippen MR) is 98.6 cm³/mol. The van der Waals surface area contributed by atoms with Crippen LogP contribution in [0.2, 0.25) is 0 Å². The lowest BCUT2D eigenvalue weighted by atomic mass is 9.78. The highest BCUT2D eigenvalue weighted by atomic mass is 16.5. The van der Waals surface area contributed by atoms with E-state index in [-0.39, 0.29) is 17.5 Å². The van der Waals surface area contributed by atoms with E-state index in [0.29, 0.717) is 25.0 Å². The normalized spacial score (nSPS) is 33.0. The van der Waals surface area contributed by atoms with Crippen molar-refractivity contribution in [2.75, 3.05) is 13.2 Å². The Morgan fingerprint density at radius 3 is 2.25 bits per heavy atom. The minimum atomic E-state index is -0.208. The van der Waals surface area contributed by atoms with Gasteiger partial charge < -0.3 is 9.47 Å². The Hall–Kier alpha value is -1.58. The van der Waals surface area contributed by atoms with Crippen LogP contribution in [0, 0.1) is 17.3 Å². The molecular weight excluding hydrogens is 300 g/mol. The fraction of sp³-hybridized carbons (Fsp3) is 0.700. The topological polar surface area (TPSA) is 43.2 Å². The Labute approximate surface area is 145 Å². The molecule has 0 aromatic carbocycles. The maximum atomic E-state index is 5.97. The highest BCUT2D eigenvalue weighted by Gasteiger charge is 2.38. The van der Waals surface area contributed by atoms with Crippen LogP contribution < -0.4 is 0 Å². The van der Waals surface area contributed by atoms with Crippen molar-refractivity contribution in [3.63, 3.8) is 0 Å². The standard InChI is InChI=1S/C20H30N2O2/c1-12(2)16-10-23-18(21-16)15-9-20(6,8-7-14(15)5)19-22-17(11-24-19)13(3)4/h7,9,12-13,16-17H,8,10-11H2,1-6H3/t16-,17?,20+/m1/s1. The zero-order valence-corrected chi connectivity index (χ0v) is 15.8. The number of hydrogen-bond acceptors (Lipinski definition) is 4. The maximum Gasteiger partial charge on any atom is 0.216 e. The lowest BCUT2D eigenvalue weighted by Gasteiger charge is -2.29. The van der Waals surface area contributed by atoms with Gasteiger partial charge in [0.1, 0.15) is 13.2 Å². The van der Waals surface area contributed by atoms with Crippen LogP contribution in [0.15, 0.2) is 33.3 Å². The molecule has 0 spiro atoms. The van der Waals surface area contributed by atoms with Crippen molar-refractivity contribution >= 4 is 11.8 Å². The summed E-state index contributed by atoms with van der Waals surface area (Å²) in [5.41, 5.74) is 2.13. The second kappa shape index (κ2) is 6.38. The number of allylic oxidation sites excluding steroid dienone is 1. The van der Waals surface area contributed by atoms with E-state index >= 15 is 0 Å². The zero-order valence-electron chi connectivity index (χ0n) is 15.8. The predicted octanol–water partition coefficient (Wildman–Crippen LogP) is 4.18. The molecule has 0 aromatic rings. The Morgan fingerprint density at radius 2 is 1.67 bits per heavy atom. The number of hydrogen-bond donors (Lipinski definition) is 0. The molecular formula is C20H30N2O2. The van der Waals surface area contributed by atoms with Crippen LogP contribution in [0.4, 0.5) is 0 Å². The van der Waals surface area contributed by atoms with E-state index in [0.717, 1.165) is 23.8 Å². The van der Waals surface area contributed by atoms with Gasteiger partial charge in [-0.15, -0.1) is 0 Å². The largest absolute Gasteiger partial charge is 0.478 e. The lowest BCUT2D eigenvalue weighted by molar-refractivity contribution is 0.266. The van der Waals surface area contributed by atoms with Crippen LogP contribution in [-0.2, 0) is 9.47 Å². The third-order valence-electron chi connectivity index (χ3n) is 5.33. The maximum absolute atomic E-state index is 5.97. The van der Waals surface area contributed by atoms with Crippen LogP contribution in [0.25, 0.3) is 0 Å². The molecule has 0 radical (unpaired) electrons. The Balaban J connectivity index is 1.88. The molecule has 1 unspecified atom stereocenters. The molecule has 0 saturated carbocycles. The molecule has 0 saturated heterocycles. The summed E-state index contributed by atoms with van der Waals surface area (Å²) in [5, 5.41) is 0. The van der Waals surface area contributed by atoms with Crippen molar-refractivity contribution < 1.29 is 9.47 Å². The summed E-state index contributed by atoms with van der Waals surface area (Å²) in [6.45, 7) is 14.5. The van der Waals surface area contributed by atoms with Crippen LogP contribution in [-0.4, -0.2) is 37.1 Å². The van der Waals surface area contributed by atoms with Crippen LogP contribution >= 0.6 is 0 Å². The summed E-state index contributed by atoms with van der Waals surface area (Å²) in [4.78, 5) is 9.65. The molecule has 0 aromatic heterocycles. The van der Waals surface area contributed by atoms with E-state index in [9.17, 15) is 0 Å². The first-order valence-corrected chi connectivity index (χ1v) is 9.12. The first kappa shape index (κ1) is 17.2. The monoisotopic (exact) mass is 330 g/mol. The minimum absolute atomic E-state index is 0.208. The van der Waals surface area contributed by atoms with Gasteiger partial charge in [0, 0.05) is 5.57 Å². The van der Waals surface area contributed by atoms with Gasteiger partial charge in [0.25, 0.3) is 0 Å². The van der Waals surface area contributed by atoms with Gasteiger partial charge in [-0.3, -0.25) is 0 Å². The molecule has 3 rings (SSSR count). The van der Waals surface area contributed by atoms with Gasteiger partial charge in [0.05, 0.1) is 17.5 Å². The zero-order chi connectivity index (χ0) is 17.5. The average molecular weight is 330 g/mol. The van der Waals surface area contributed by atoms with Crippen molar-refractivity contribution in [3.8, 4) is 0 Å². The van der Waals surface area contributed by atoms with E-state index < -0.39 is 0 Å². The summed E-state index contributed by atoms with van der Waals surface area (Å²) < 4.78 is 11.9. The van der Waals surface area contributed by atoms with Crippen molar-refractivity contribution in [1.82, 2.24) is 0 Å². The molecule has 1 aliphatic carbocycles. The molecule has 2 heterocycles. The van der Waals surface area contributed by atoms with Crippen molar-refractivity contribution in [2.24, 2.45) is 27.2 Å². The van der Waals surface area contributed by atoms with Crippen molar-refractivity contribution in [2.45, 2.75) is 60.0 Å². The van der Waals surface area contributed by atoms with E-state index in [1.807, 2.05) is 0 Å². The van der Waals surface area contributed by atoms with Gasteiger partial charge in [0.2, 0.25) is 5.90 Å². The molecule has 3 aliphatic rings. The molecule has 2 aliphatic heterocycles. The molecule has 0 N–H and O–H groups in total. The first-order valence-electron chi connectivity index (χ1n) is 9.12. The second-order valence-electron chi connectivity index (χ2n) is 8.18. The quantitative estimate of drug-likeness (QED) is 0.776. The first-order chi connectivity index (χ1) is 11.3. The average Bonchev–Trinajstić information content (AvgIpc) is 3.19. The summed E-state index contributed by atoms with van der Waals surface area (Å²) in [7, 11) is 0. The molecule has 0 amide bonds.